The summed E-state index contributed by atoms with van der Waals surface area (Å²) in [4.78, 5) is 30.5. The molecule has 1 atom stereocenters. The fourth-order valence-corrected chi connectivity index (χ4v) is 2.86. The second-order valence-electron chi connectivity index (χ2n) is 5.54. The predicted octanol–water partition coefficient (Wildman–Crippen LogP) is 2.90. The molecule has 0 aromatic carbocycles. The molecule has 0 aliphatic heterocycles. The summed E-state index contributed by atoms with van der Waals surface area (Å²) in [6, 6.07) is 1.71. The van der Waals surface area contributed by atoms with Crippen LogP contribution in [0.2, 0.25) is 0 Å². The molecular weight excluding hydrogens is 298 g/mol. The number of unbranched alkanes of at least 4 members (excludes halogenated alkanes) is 2. The molecule has 0 saturated carbocycles. The van der Waals surface area contributed by atoms with E-state index in [1.807, 2.05) is 13.8 Å². The van der Waals surface area contributed by atoms with Crippen molar-refractivity contribution in [2.45, 2.75) is 70.5 Å². The number of nitrogens with one attached hydrogen (secondary N) is 2. The Labute approximate surface area is 136 Å². The van der Waals surface area contributed by atoms with Crippen LogP contribution in [0.3, 0.4) is 0 Å². The van der Waals surface area contributed by atoms with E-state index in [-0.39, 0.29) is 23.3 Å². The first-order chi connectivity index (χ1) is 10.5. The van der Waals surface area contributed by atoms with Gasteiger partial charge in [-0.05, 0) is 19.8 Å². The summed E-state index contributed by atoms with van der Waals surface area (Å²) in [5.41, 5.74) is 0.622. The number of carbonyl (C=O) groups excluding carboxylic acids is 1. The van der Waals surface area contributed by atoms with Crippen LogP contribution < -0.4 is 10.9 Å². The molecule has 1 heterocycles. The Morgan fingerprint density at radius 1 is 1.36 bits per heavy atom. The Balaban J connectivity index is 2.42. The molecule has 0 spiro atoms. The molecule has 0 radical (unpaired) electrons. The number of hydrogen-bond acceptors (Lipinski definition) is 4. The largest absolute Gasteiger partial charge is 0.353 e. The van der Waals surface area contributed by atoms with Gasteiger partial charge in [0, 0.05) is 17.8 Å². The normalized spacial score (nSPS) is 12.1. The van der Waals surface area contributed by atoms with Crippen LogP contribution in [0.25, 0.3) is 0 Å². The lowest BCUT2D eigenvalue weighted by Gasteiger charge is -2.13. The lowest BCUT2D eigenvalue weighted by atomic mass is 10.1. The zero-order chi connectivity index (χ0) is 16.4. The third-order valence-electron chi connectivity index (χ3n) is 3.27. The maximum atomic E-state index is 11.9. The average molecular weight is 325 g/mol. The predicted molar refractivity (Wildman–Crippen MR) is 91.3 cm³/mol. The molecule has 22 heavy (non-hydrogen) atoms. The second-order valence-corrected chi connectivity index (χ2v) is 6.51. The number of carbonyl (C=O) groups is 1. The molecule has 0 aliphatic rings. The van der Waals surface area contributed by atoms with E-state index in [0.29, 0.717) is 5.16 Å². The maximum Gasteiger partial charge on any atom is 0.251 e. The minimum absolute atomic E-state index is 0.0162. The number of amides is 1. The summed E-state index contributed by atoms with van der Waals surface area (Å²) < 4.78 is 0. The van der Waals surface area contributed by atoms with Crippen LogP contribution in [0.15, 0.2) is 16.0 Å². The fourth-order valence-electron chi connectivity index (χ4n) is 2.16. The Kier molecular flexibility index (Phi) is 8.89. The first-order valence-electron chi connectivity index (χ1n) is 8.07. The van der Waals surface area contributed by atoms with E-state index in [1.165, 1.54) is 30.7 Å². The number of aromatic amines is 1. The zero-order valence-corrected chi connectivity index (χ0v) is 14.6. The van der Waals surface area contributed by atoms with Crippen molar-refractivity contribution in [1.82, 2.24) is 15.3 Å². The number of hydrogen-bond donors (Lipinski definition) is 2. The maximum absolute atomic E-state index is 11.9. The van der Waals surface area contributed by atoms with Crippen molar-refractivity contribution in [3.63, 3.8) is 0 Å². The molecule has 5 nitrogen and oxygen atoms in total. The van der Waals surface area contributed by atoms with Gasteiger partial charge < -0.3 is 10.3 Å². The number of rotatable bonds is 10. The van der Waals surface area contributed by atoms with Crippen LogP contribution in [0.1, 0.15) is 58.6 Å². The van der Waals surface area contributed by atoms with Crippen molar-refractivity contribution < 1.29 is 4.79 Å². The molecule has 1 amide bonds. The van der Waals surface area contributed by atoms with E-state index < -0.39 is 0 Å². The topological polar surface area (TPSA) is 74.8 Å². The smallest absolute Gasteiger partial charge is 0.251 e. The first-order valence-corrected chi connectivity index (χ1v) is 9.06. The minimum Gasteiger partial charge on any atom is -0.353 e. The minimum atomic E-state index is -0.158. The number of nitrogens with zero attached hydrogens (tertiary/aromatic N) is 1. The monoisotopic (exact) mass is 325 g/mol. The van der Waals surface area contributed by atoms with Gasteiger partial charge in [-0.3, -0.25) is 9.59 Å². The molecule has 0 bridgehead atoms. The molecule has 0 aliphatic carbocycles. The van der Waals surface area contributed by atoms with Crippen molar-refractivity contribution in [3.05, 3.63) is 22.1 Å². The first kappa shape index (κ1) is 18.7. The van der Waals surface area contributed by atoms with Gasteiger partial charge in [-0.2, -0.15) is 0 Å². The van der Waals surface area contributed by atoms with Crippen LogP contribution in [0.5, 0.6) is 0 Å². The highest BCUT2D eigenvalue weighted by Crippen LogP contribution is 2.12. The van der Waals surface area contributed by atoms with Gasteiger partial charge in [0.15, 0.2) is 5.16 Å². The molecule has 1 aromatic rings. The SMILES string of the molecule is CCCCCC(C)NC(=O)CSc1nc(CCC)cc(=O)[nH]1. The summed E-state index contributed by atoms with van der Waals surface area (Å²) in [5.74, 6) is 0.258. The number of aromatic nitrogens is 2. The molecule has 1 unspecified atom stereocenters. The quantitative estimate of drug-likeness (QED) is 0.394. The van der Waals surface area contributed by atoms with Crippen molar-refractivity contribution >= 4 is 17.7 Å². The summed E-state index contributed by atoms with van der Waals surface area (Å²) in [6.45, 7) is 6.24. The third-order valence-corrected chi connectivity index (χ3v) is 4.14. The van der Waals surface area contributed by atoms with Crippen molar-refractivity contribution in [2.75, 3.05) is 5.75 Å². The van der Waals surface area contributed by atoms with Gasteiger partial charge in [-0.1, -0.05) is 51.3 Å². The summed E-state index contributed by atoms with van der Waals surface area (Å²) in [6.07, 6.45) is 6.24. The van der Waals surface area contributed by atoms with Gasteiger partial charge in [0.1, 0.15) is 0 Å². The molecule has 2 N–H and O–H groups in total. The highest BCUT2D eigenvalue weighted by Gasteiger charge is 2.09. The summed E-state index contributed by atoms with van der Waals surface area (Å²) in [7, 11) is 0. The Morgan fingerprint density at radius 3 is 2.82 bits per heavy atom. The molecule has 124 valence electrons. The van der Waals surface area contributed by atoms with Crippen LogP contribution in [-0.2, 0) is 11.2 Å². The second kappa shape index (κ2) is 10.4. The van der Waals surface area contributed by atoms with Crippen molar-refractivity contribution in [1.29, 1.82) is 0 Å². The highest BCUT2D eigenvalue weighted by molar-refractivity contribution is 7.99. The van der Waals surface area contributed by atoms with E-state index in [9.17, 15) is 9.59 Å². The number of aryl methyl sites for hydroxylation is 1. The van der Waals surface area contributed by atoms with E-state index >= 15 is 0 Å². The molecule has 0 saturated heterocycles. The molecular formula is C16H27N3O2S. The van der Waals surface area contributed by atoms with E-state index in [2.05, 4.69) is 22.2 Å². The van der Waals surface area contributed by atoms with E-state index in [4.69, 9.17) is 0 Å². The van der Waals surface area contributed by atoms with Gasteiger partial charge in [0.2, 0.25) is 5.91 Å². The van der Waals surface area contributed by atoms with Gasteiger partial charge >= 0.3 is 0 Å². The average Bonchev–Trinajstić information content (AvgIpc) is 2.45. The van der Waals surface area contributed by atoms with E-state index in [1.54, 1.807) is 0 Å². The van der Waals surface area contributed by atoms with Crippen LogP contribution >= 0.6 is 11.8 Å². The Bertz CT molecular complexity index is 516. The lowest BCUT2D eigenvalue weighted by Crippen LogP contribution is -2.33. The molecule has 0 fully saturated rings. The highest BCUT2D eigenvalue weighted by atomic mass is 32.2. The van der Waals surface area contributed by atoms with Gasteiger partial charge in [-0.15, -0.1) is 0 Å². The lowest BCUT2D eigenvalue weighted by molar-refractivity contribution is -0.119. The van der Waals surface area contributed by atoms with Crippen LogP contribution in [0, 0.1) is 0 Å². The third kappa shape index (κ3) is 7.64. The Hall–Kier alpha value is -1.30. The van der Waals surface area contributed by atoms with Gasteiger partial charge in [0.05, 0.1) is 5.75 Å². The number of H-pyrrole nitrogens is 1. The van der Waals surface area contributed by atoms with Crippen LogP contribution in [0.4, 0.5) is 0 Å². The standard InChI is InChI=1S/C16H27N3O2S/c1-4-6-7-9-12(3)17-15(21)11-22-16-18-13(8-5-2)10-14(20)19-16/h10,12H,4-9,11H2,1-3H3,(H,17,21)(H,18,19,20). The van der Waals surface area contributed by atoms with Gasteiger partial charge in [-0.25, -0.2) is 4.98 Å². The fraction of sp³-hybridized carbons (Fsp3) is 0.688. The van der Waals surface area contributed by atoms with Crippen molar-refractivity contribution in [3.8, 4) is 0 Å². The molecule has 1 aromatic heterocycles. The molecule has 6 heteroatoms. The molecule has 1 rings (SSSR count). The van der Waals surface area contributed by atoms with E-state index in [0.717, 1.165) is 31.4 Å². The van der Waals surface area contributed by atoms with Gasteiger partial charge in [0.25, 0.3) is 5.56 Å². The summed E-state index contributed by atoms with van der Waals surface area (Å²) in [5, 5.41) is 3.50. The Morgan fingerprint density at radius 2 is 2.14 bits per heavy atom. The number of thioether (sulfide) groups is 1. The van der Waals surface area contributed by atoms with Crippen LogP contribution in [-0.4, -0.2) is 27.7 Å². The summed E-state index contributed by atoms with van der Waals surface area (Å²) >= 11 is 1.27. The zero-order valence-electron chi connectivity index (χ0n) is 13.8. The van der Waals surface area contributed by atoms with Crippen molar-refractivity contribution in [2.24, 2.45) is 0 Å².